The molecule has 0 saturated heterocycles. The molecule has 0 radical (unpaired) electrons. The molecule has 110 valence electrons. The number of anilines is 1. The van der Waals surface area contributed by atoms with Crippen LogP contribution in [0.4, 0.5) is 5.95 Å². The van der Waals surface area contributed by atoms with E-state index in [1.54, 1.807) is 30.3 Å². The Balaban J connectivity index is 1.95. The van der Waals surface area contributed by atoms with Crippen LogP contribution >= 0.6 is 11.6 Å². The largest absolute Gasteiger partial charge is 0.306 e. The van der Waals surface area contributed by atoms with Crippen molar-refractivity contribution in [2.45, 2.75) is 6.54 Å². The van der Waals surface area contributed by atoms with Gasteiger partial charge in [0.2, 0.25) is 5.95 Å². The Bertz CT molecular complexity index is 837. The number of nitrogens with zero attached hydrogens (tertiary/aromatic N) is 2. The molecule has 3 rings (SSSR count). The SMILES string of the molecule is C=CCn1c(NC(=O)c2ccc(Cl)cc2)nc2ccccc21. The minimum Gasteiger partial charge on any atom is -0.306 e. The molecule has 1 amide bonds. The van der Waals surface area contributed by atoms with Gasteiger partial charge in [-0.25, -0.2) is 4.98 Å². The molecule has 0 aliphatic heterocycles. The van der Waals surface area contributed by atoms with Crippen molar-refractivity contribution < 1.29 is 4.79 Å². The van der Waals surface area contributed by atoms with Gasteiger partial charge in [0, 0.05) is 17.1 Å². The van der Waals surface area contributed by atoms with Crippen LogP contribution in [0, 0.1) is 0 Å². The summed E-state index contributed by atoms with van der Waals surface area (Å²) in [5.74, 6) is 0.276. The van der Waals surface area contributed by atoms with Gasteiger partial charge in [0.05, 0.1) is 11.0 Å². The van der Waals surface area contributed by atoms with E-state index in [1.165, 1.54) is 0 Å². The van der Waals surface area contributed by atoms with Crippen LogP contribution in [0.5, 0.6) is 0 Å². The predicted octanol–water partition coefficient (Wildman–Crippen LogP) is 4.13. The Labute approximate surface area is 133 Å². The lowest BCUT2D eigenvalue weighted by atomic mass is 10.2. The van der Waals surface area contributed by atoms with Crippen molar-refractivity contribution >= 4 is 34.5 Å². The van der Waals surface area contributed by atoms with E-state index in [1.807, 2.05) is 28.8 Å². The van der Waals surface area contributed by atoms with Crippen molar-refractivity contribution in [2.24, 2.45) is 0 Å². The van der Waals surface area contributed by atoms with Gasteiger partial charge in [-0.2, -0.15) is 0 Å². The first kappa shape index (κ1) is 14.4. The van der Waals surface area contributed by atoms with Gasteiger partial charge in [0.1, 0.15) is 0 Å². The van der Waals surface area contributed by atoms with Gasteiger partial charge in [-0.05, 0) is 36.4 Å². The number of para-hydroxylation sites is 2. The van der Waals surface area contributed by atoms with E-state index < -0.39 is 0 Å². The highest BCUT2D eigenvalue weighted by atomic mass is 35.5. The van der Waals surface area contributed by atoms with Gasteiger partial charge in [-0.1, -0.05) is 29.8 Å². The van der Waals surface area contributed by atoms with Crippen molar-refractivity contribution in [3.8, 4) is 0 Å². The molecular formula is C17H14ClN3O. The van der Waals surface area contributed by atoms with E-state index >= 15 is 0 Å². The Morgan fingerprint density at radius 3 is 2.68 bits per heavy atom. The van der Waals surface area contributed by atoms with E-state index in [-0.39, 0.29) is 5.91 Å². The Morgan fingerprint density at radius 1 is 1.23 bits per heavy atom. The molecule has 0 aliphatic rings. The van der Waals surface area contributed by atoms with Gasteiger partial charge >= 0.3 is 0 Å². The lowest BCUT2D eigenvalue weighted by Gasteiger charge is -2.08. The summed E-state index contributed by atoms with van der Waals surface area (Å²) in [5.41, 5.74) is 2.31. The highest BCUT2D eigenvalue weighted by Crippen LogP contribution is 2.20. The van der Waals surface area contributed by atoms with E-state index in [2.05, 4.69) is 16.9 Å². The molecule has 1 heterocycles. The number of aromatic nitrogens is 2. The summed E-state index contributed by atoms with van der Waals surface area (Å²) in [6.07, 6.45) is 1.77. The van der Waals surface area contributed by atoms with E-state index in [0.717, 1.165) is 11.0 Å². The Hall–Kier alpha value is -2.59. The number of rotatable bonds is 4. The van der Waals surface area contributed by atoms with Gasteiger partial charge in [0.25, 0.3) is 5.91 Å². The first-order valence-corrected chi connectivity index (χ1v) is 7.20. The molecule has 0 spiro atoms. The summed E-state index contributed by atoms with van der Waals surface area (Å²) in [4.78, 5) is 16.8. The van der Waals surface area contributed by atoms with Gasteiger partial charge < -0.3 is 4.57 Å². The van der Waals surface area contributed by atoms with Crippen molar-refractivity contribution in [3.05, 3.63) is 71.8 Å². The van der Waals surface area contributed by atoms with Crippen molar-refractivity contribution in [1.82, 2.24) is 9.55 Å². The maximum atomic E-state index is 12.3. The molecule has 3 aromatic rings. The van der Waals surface area contributed by atoms with Crippen molar-refractivity contribution in [2.75, 3.05) is 5.32 Å². The maximum Gasteiger partial charge on any atom is 0.257 e. The number of hydrogen-bond acceptors (Lipinski definition) is 2. The lowest BCUT2D eigenvalue weighted by Crippen LogP contribution is -2.15. The fourth-order valence-corrected chi connectivity index (χ4v) is 2.39. The first-order valence-electron chi connectivity index (χ1n) is 6.82. The van der Waals surface area contributed by atoms with E-state index in [9.17, 15) is 4.79 Å². The van der Waals surface area contributed by atoms with Crippen LogP contribution in [0.3, 0.4) is 0 Å². The lowest BCUT2D eigenvalue weighted by molar-refractivity contribution is 0.102. The van der Waals surface area contributed by atoms with Gasteiger partial charge in [-0.3, -0.25) is 10.1 Å². The number of allylic oxidation sites excluding steroid dienone is 1. The molecule has 2 aromatic carbocycles. The van der Waals surface area contributed by atoms with Crippen LogP contribution in [0.1, 0.15) is 10.4 Å². The average Bonchev–Trinajstić information content (AvgIpc) is 2.86. The van der Waals surface area contributed by atoms with E-state index in [4.69, 9.17) is 11.6 Å². The molecule has 0 fully saturated rings. The van der Waals surface area contributed by atoms with Crippen molar-refractivity contribution in [1.29, 1.82) is 0 Å². The maximum absolute atomic E-state index is 12.3. The quantitative estimate of drug-likeness (QED) is 0.736. The summed E-state index contributed by atoms with van der Waals surface area (Å²) < 4.78 is 1.91. The average molecular weight is 312 g/mol. The zero-order chi connectivity index (χ0) is 15.5. The number of benzene rings is 2. The van der Waals surface area contributed by atoms with Crippen LogP contribution in [0.2, 0.25) is 5.02 Å². The normalized spacial score (nSPS) is 10.6. The number of nitrogens with one attached hydrogen (secondary N) is 1. The number of carbonyl (C=O) groups excluding carboxylic acids is 1. The van der Waals surface area contributed by atoms with E-state index in [0.29, 0.717) is 23.1 Å². The molecule has 0 unspecified atom stereocenters. The fourth-order valence-electron chi connectivity index (χ4n) is 2.26. The Kier molecular flexibility index (Phi) is 3.94. The van der Waals surface area contributed by atoms with Crippen LogP contribution < -0.4 is 5.32 Å². The van der Waals surface area contributed by atoms with Crippen LogP contribution in [0.15, 0.2) is 61.2 Å². The number of fused-ring (bicyclic) bond motifs is 1. The molecule has 5 heteroatoms. The predicted molar refractivity (Wildman–Crippen MR) is 89.3 cm³/mol. The highest BCUT2D eigenvalue weighted by Gasteiger charge is 2.13. The molecule has 4 nitrogen and oxygen atoms in total. The summed E-state index contributed by atoms with van der Waals surface area (Å²) in [6.45, 7) is 4.32. The summed E-state index contributed by atoms with van der Waals surface area (Å²) in [5, 5.41) is 3.44. The third-order valence-corrected chi connectivity index (χ3v) is 3.55. The number of imidazole rings is 1. The molecule has 0 bridgehead atoms. The third kappa shape index (κ3) is 2.73. The zero-order valence-corrected chi connectivity index (χ0v) is 12.5. The molecule has 0 saturated carbocycles. The standard InChI is InChI=1S/C17H14ClN3O/c1-2-11-21-15-6-4-3-5-14(15)19-17(21)20-16(22)12-7-9-13(18)10-8-12/h2-10H,1,11H2,(H,19,20,22). The second-order valence-electron chi connectivity index (χ2n) is 4.78. The number of amides is 1. The summed E-state index contributed by atoms with van der Waals surface area (Å²) in [7, 11) is 0. The fraction of sp³-hybridized carbons (Fsp3) is 0.0588. The second-order valence-corrected chi connectivity index (χ2v) is 5.22. The van der Waals surface area contributed by atoms with Gasteiger partial charge in [0.15, 0.2) is 0 Å². The van der Waals surface area contributed by atoms with Crippen LogP contribution in [-0.2, 0) is 6.54 Å². The molecule has 1 N–H and O–H groups in total. The van der Waals surface area contributed by atoms with Crippen LogP contribution in [-0.4, -0.2) is 15.5 Å². The molecule has 0 aliphatic carbocycles. The zero-order valence-electron chi connectivity index (χ0n) is 11.8. The highest BCUT2D eigenvalue weighted by molar-refractivity contribution is 6.30. The minimum absolute atomic E-state index is 0.225. The number of hydrogen-bond donors (Lipinski definition) is 1. The van der Waals surface area contributed by atoms with Crippen molar-refractivity contribution in [3.63, 3.8) is 0 Å². The minimum atomic E-state index is -0.225. The first-order chi connectivity index (χ1) is 10.7. The number of carbonyl (C=O) groups is 1. The third-order valence-electron chi connectivity index (χ3n) is 3.30. The molecule has 22 heavy (non-hydrogen) atoms. The molecule has 1 aromatic heterocycles. The van der Waals surface area contributed by atoms with Crippen LogP contribution in [0.25, 0.3) is 11.0 Å². The second kappa shape index (κ2) is 6.03. The Morgan fingerprint density at radius 2 is 1.95 bits per heavy atom. The van der Waals surface area contributed by atoms with Gasteiger partial charge in [-0.15, -0.1) is 6.58 Å². The smallest absolute Gasteiger partial charge is 0.257 e. The topological polar surface area (TPSA) is 46.9 Å². The summed E-state index contributed by atoms with van der Waals surface area (Å²) >= 11 is 5.84. The number of halogens is 1. The molecular weight excluding hydrogens is 298 g/mol. The molecule has 0 atom stereocenters. The monoisotopic (exact) mass is 311 g/mol. The summed E-state index contributed by atoms with van der Waals surface area (Å²) in [6, 6.07) is 14.5.